The van der Waals surface area contributed by atoms with Crippen LogP contribution in [0.1, 0.15) is 12.5 Å². The van der Waals surface area contributed by atoms with Crippen LogP contribution in [0.3, 0.4) is 0 Å². The fraction of sp³-hybridized carbons (Fsp3) is 0.222. The van der Waals surface area contributed by atoms with Crippen LogP contribution in [0.15, 0.2) is 53.0 Å². The fourth-order valence-corrected chi connectivity index (χ4v) is 2.09. The first-order valence-corrected chi connectivity index (χ1v) is 8.44. The Bertz CT molecular complexity index is 717. The number of halogens is 1. The number of aryl methyl sites for hydroxylation is 1. The average molecular weight is 407 g/mol. The van der Waals surface area contributed by atoms with Crippen LogP contribution >= 0.6 is 15.9 Å². The van der Waals surface area contributed by atoms with Crippen molar-refractivity contribution >= 4 is 27.7 Å². The van der Waals surface area contributed by atoms with E-state index in [-0.39, 0.29) is 6.61 Å². The lowest BCUT2D eigenvalue weighted by molar-refractivity contribution is -0.133. The number of hydrogen-bond donors (Lipinski definition) is 2. The zero-order valence-electron chi connectivity index (χ0n) is 13.9. The van der Waals surface area contributed by atoms with E-state index in [1.54, 1.807) is 43.3 Å². The summed E-state index contributed by atoms with van der Waals surface area (Å²) in [4.78, 5) is 23.6. The van der Waals surface area contributed by atoms with Gasteiger partial charge < -0.3 is 9.47 Å². The highest BCUT2D eigenvalue weighted by molar-refractivity contribution is 9.10. The number of carbonyl (C=O) groups excluding carboxylic acids is 2. The number of hydrogen-bond acceptors (Lipinski definition) is 4. The van der Waals surface area contributed by atoms with Crippen molar-refractivity contribution in [2.75, 3.05) is 6.61 Å². The summed E-state index contributed by atoms with van der Waals surface area (Å²) in [5.41, 5.74) is 5.69. The lowest BCUT2D eigenvalue weighted by Crippen LogP contribution is -2.48. The summed E-state index contributed by atoms with van der Waals surface area (Å²) in [5.74, 6) is 0.204. The van der Waals surface area contributed by atoms with E-state index < -0.39 is 17.9 Å². The molecule has 25 heavy (non-hydrogen) atoms. The molecule has 2 aromatic carbocycles. The molecule has 0 unspecified atom stereocenters. The van der Waals surface area contributed by atoms with Gasteiger partial charge in [-0.2, -0.15) is 0 Å². The van der Waals surface area contributed by atoms with Crippen LogP contribution < -0.4 is 20.3 Å². The number of amides is 2. The molecule has 0 bridgehead atoms. The molecule has 2 aromatic rings. The highest BCUT2D eigenvalue weighted by atomic mass is 79.9. The molecule has 2 rings (SSSR count). The highest BCUT2D eigenvalue weighted by Gasteiger charge is 2.15. The van der Waals surface area contributed by atoms with Gasteiger partial charge in [0.1, 0.15) is 11.5 Å². The molecule has 0 heterocycles. The smallest absolute Gasteiger partial charge is 0.279 e. The fourth-order valence-electron chi connectivity index (χ4n) is 1.82. The van der Waals surface area contributed by atoms with Gasteiger partial charge in [0.05, 0.1) is 0 Å². The topological polar surface area (TPSA) is 76.7 Å². The zero-order valence-corrected chi connectivity index (χ0v) is 15.5. The van der Waals surface area contributed by atoms with Crippen molar-refractivity contribution in [3.05, 3.63) is 58.6 Å². The van der Waals surface area contributed by atoms with E-state index in [2.05, 4.69) is 26.8 Å². The summed E-state index contributed by atoms with van der Waals surface area (Å²) < 4.78 is 11.7. The molecule has 7 heteroatoms. The van der Waals surface area contributed by atoms with E-state index in [1.807, 2.05) is 19.1 Å². The van der Waals surface area contributed by atoms with Gasteiger partial charge in [0.2, 0.25) is 0 Å². The van der Waals surface area contributed by atoms with Crippen LogP contribution in [-0.4, -0.2) is 24.5 Å². The summed E-state index contributed by atoms with van der Waals surface area (Å²) in [6, 6.07) is 14.4. The number of carbonyl (C=O) groups is 2. The molecule has 0 saturated heterocycles. The van der Waals surface area contributed by atoms with Gasteiger partial charge >= 0.3 is 0 Å². The number of hydrazine groups is 1. The second-order valence-electron chi connectivity index (χ2n) is 5.35. The standard InChI is InChI=1S/C18H19BrN2O4/c1-12-3-7-16(8-4-12)25-13(2)18(23)21-20-17(22)11-24-15-9-5-14(19)6-10-15/h3-10,13H,11H2,1-2H3,(H,20,22)(H,21,23)/t13-/m1/s1. The molecule has 6 nitrogen and oxygen atoms in total. The predicted octanol–water partition coefficient (Wildman–Crippen LogP) is 2.75. The molecule has 0 radical (unpaired) electrons. The SMILES string of the molecule is Cc1ccc(O[C@H](C)C(=O)NNC(=O)COc2ccc(Br)cc2)cc1. The Morgan fingerprint density at radius 3 is 2.24 bits per heavy atom. The Balaban J connectivity index is 1.71. The van der Waals surface area contributed by atoms with Crippen molar-refractivity contribution in [2.45, 2.75) is 20.0 Å². The molecule has 0 aliphatic carbocycles. The summed E-state index contributed by atoms with van der Waals surface area (Å²) >= 11 is 3.31. The van der Waals surface area contributed by atoms with Crippen molar-refractivity contribution in [2.24, 2.45) is 0 Å². The normalized spacial score (nSPS) is 11.3. The largest absolute Gasteiger partial charge is 0.484 e. The Morgan fingerprint density at radius 1 is 1.00 bits per heavy atom. The van der Waals surface area contributed by atoms with Crippen LogP contribution in [0.5, 0.6) is 11.5 Å². The number of ether oxygens (including phenoxy) is 2. The number of nitrogens with one attached hydrogen (secondary N) is 2. The molecular formula is C18H19BrN2O4. The molecule has 132 valence electrons. The molecule has 0 aromatic heterocycles. The monoisotopic (exact) mass is 406 g/mol. The van der Waals surface area contributed by atoms with Gasteiger partial charge in [-0.3, -0.25) is 20.4 Å². The van der Waals surface area contributed by atoms with Crippen molar-refractivity contribution in [3.63, 3.8) is 0 Å². The Kier molecular flexibility index (Phi) is 6.82. The van der Waals surface area contributed by atoms with E-state index >= 15 is 0 Å². The van der Waals surface area contributed by atoms with Gasteiger partial charge in [-0.1, -0.05) is 33.6 Å². The van der Waals surface area contributed by atoms with E-state index in [4.69, 9.17) is 9.47 Å². The third-order valence-corrected chi connectivity index (χ3v) is 3.74. The zero-order chi connectivity index (χ0) is 18.2. The number of benzene rings is 2. The van der Waals surface area contributed by atoms with E-state index in [1.165, 1.54) is 0 Å². The number of rotatable bonds is 6. The van der Waals surface area contributed by atoms with Crippen molar-refractivity contribution in [1.82, 2.24) is 10.9 Å². The van der Waals surface area contributed by atoms with Gasteiger partial charge in [0.25, 0.3) is 11.8 Å². The minimum Gasteiger partial charge on any atom is -0.484 e. The van der Waals surface area contributed by atoms with Gasteiger partial charge in [0.15, 0.2) is 12.7 Å². The lowest BCUT2D eigenvalue weighted by Gasteiger charge is -2.15. The molecular weight excluding hydrogens is 388 g/mol. The van der Waals surface area contributed by atoms with Crippen molar-refractivity contribution in [3.8, 4) is 11.5 Å². The maximum absolute atomic E-state index is 11.9. The summed E-state index contributed by atoms with van der Waals surface area (Å²) in [7, 11) is 0. The molecule has 0 aliphatic heterocycles. The molecule has 0 spiro atoms. The average Bonchev–Trinajstić information content (AvgIpc) is 2.61. The summed E-state index contributed by atoms with van der Waals surface area (Å²) in [6.07, 6.45) is -0.754. The maximum Gasteiger partial charge on any atom is 0.279 e. The van der Waals surface area contributed by atoms with E-state index in [0.717, 1.165) is 10.0 Å². The quantitative estimate of drug-likeness (QED) is 0.723. The van der Waals surface area contributed by atoms with Gasteiger partial charge in [0, 0.05) is 4.47 Å². The van der Waals surface area contributed by atoms with Crippen LogP contribution in [0.2, 0.25) is 0 Å². The van der Waals surface area contributed by atoms with Crippen LogP contribution in [0.4, 0.5) is 0 Å². The van der Waals surface area contributed by atoms with Gasteiger partial charge in [-0.15, -0.1) is 0 Å². The molecule has 0 aliphatic rings. The molecule has 1 atom stereocenters. The Hall–Kier alpha value is -2.54. The molecule has 2 N–H and O–H groups in total. The third-order valence-electron chi connectivity index (χ3n) is 3.21. The first-order valence-electron chi connectivity index (χ1n) is 7.64. The maximum atomic E-state index is 11.9. The van der Waals surface area contributed by atoms with Crippen molar-refractivity contribution in [1.29, 1.82) is 0 Å². The van der Waals surface area contributed by atoms with E-state index in [9.17, 15) is 9.59 Å². The van der Waals surface area contributed by atoms with Crippen molar-refractivity contribution < 1.29 is 19.1 Å². The van der Waals surface area contributed by atoms with Gasteiger partial charge in [-0.05, 0) is 50.2 Å². The third kappa shape index (κ3) is 6.46. The minimum absolute atomic E-state index is 0.213. The summed E-state index contributed by atoms with van der Waals surface area (Å²) in [6.45, 7) is 3.35. The second-order valence-corrected chi connectivity index (χ2v) is 6.27. The van der Waals surface area contributed by atoms with Crippen LogP contribution in [0, 0.1) is 6.92 Å². The molecule has 0 fully saturated rings. The minimum atomic E-state index is -0.754. The van der Waals surface area contributed by atoms with Crippen LogP contribution in [0.25, 0.3) is 0 Å². The highest BCUT2D eigenvalue weighted by Crippen LogP contribution is 2.16. The first-order chi connectivity index (χ1) is 11.9. The summed E-state index contributed by atoms with van der Waals surface area (Å²) in [5, 5.41) is 0. The second kappa shape index (κ2) is 9.08. The van der Waals surface area contributed by atoms with Crippen LogP contribution in [-0.2, 0) is 9.59 Å². The molecule has 0 saturated carbocycles. The predicted molar refractivity (Wildman–Crippen MR) is 97.2 cm³/mol. The van der Waals surface area contributed by atoms with E-state index in [0.29, 0.717) is 11.5 Å². The Morgan fingerprint density at radius 2 is 1.60 bits per heavy atom. The molecule has 2 amide bonds. The first kappa shape index (κ1) is 18.8. The lowest BCUT2D eigenvalue weighted by atomic mass is 10.2. The van der Waals surface area contributed by atoms with Gasteiger partial charge in [-0.25, -0.2) is 0 Å². The Labute approximate surface area is 154 Å².